The molecule has 2 atom stereocenters. The predicted molar refractivity (Wildman–Crippen MR) is 91.4 cm³/mol. The summed E-state index contributed by atoms with van der Waals surface area (Å²) >= 11 is 0. The van der Waals surface area contributed by atoms with E-state index in [1.807, 2.05) is 18.2 Å². The van der Waals surface area contributed by atoms with Crippen LogP contribution in [0.15, 0.2) is 34.9 Å². The third-order valence-corrected chi connectivity index (χ3v) is 5.40. The number of nitrogens with two attached hydrogens (primary N) is 1. The van der Waals surface area contributed by atoms with Crippen molar-refractivity contribution in [3.8, 4) is 11.3 Å². The fourth-order valence-corrected chi connectivity index (χ4v) is 3.98. The lowest BCUT2D eigenvalue weighted by Gasteiger charge is -2.49. The van der Waals surface area contributed by atoms with Crippen LogP contribution in [0.1, 0.15) is 30.5 Å². The van der Waals surface area contributed by atoms with Crippen LogP contribution in [0.4, 0.5) is 5.69 Å². The van der Waals surface area contributed by atoms with Crippen molar-refractivity contribution in [3.05, 3.63) is 36.4 Å². The van der Waals surface area contributed by atoms with Gasteiger partial charge in [0, 0.05) is 23.3 Å². The summed E-state index contributed by atoms with van der Waals surface area (Å²) in [6.45, 7) is 4.45. The molecule has 0 saturated carbocycles. The van der Waals surface area contributed by atoms with Gasteiger partial charge in [-0.15, -0.1) is 0 Å². The Hall–Kier alpha value is -2.34. The number of anilines is 1. The molecule has 24 heavy (non-hydrogen) atoms. The Morgan fingerprint density at radius 1 is 1.33 bits per heavy atom. The zero-order chi connectivity index (χ0) is 16.7. The molecule has 3 aliphatic heterocycles. The first-order chi connectivity index (χ1) is 11.6. The van der Waals surface area contributed by atoms with Crippen LogP contribution >= 0.6 is 0 Å². The number of benzene rings is 1. The van der Waals surface area contributed by atoms with Gasteiger partial charge in [-0.05, 0) is 50.9 Å². The molecule has 2 bridgehead atoms. The van der Waals surface area contributed by atoms with Crippen molar-refractivity contribution in [1.82, 2.24) is 15.2 Å². The van der Waals surface area contributed by atoms with Crippen LogP contribution in [0, 0.1) is 5.92 Å². The van der Waals surface area contributed by atoms with Gasteiger partial charge < -0.3 is 15.5 Å². The third-order valence-electron chi connectivity index (χ3n) is 5.40. The number of amides is 1. The summed E-state index contributed by atoms with van der Waals surface area (Å²) < 4.78 is 5.65. The lowest BCUT2D eigenvalue weighted by atomic mass is 9.79. The number of hydrogen-bond acceptors (Lipinski definition) is 5. The van der Waals surface area contributed by atoms with Crippen LogP contribution < -0.4 is 11.1 Å². The minimum Gasteiger partial charge on any atom is -0.432 e. The van der Waals surface area contributed by atoms with Crippen LogP contribution in [0.25, 0.3) is 11.3 Å². The van der Waals surface area contributed by atoms with Gasteiger partial charge >= 0.3 is 5.91 Å². The summed E-state index contributed by atoms with van der Waals surface area (Å²) in [4.78, 5) is 19.1. The van der Waals surface area contributed by atoms with Crippen molar-refractivity contribution >= 4 is 11.6 Å². The minimum absolute atomic E-state index is 0.0944. The Kier molecular flexibility index (Phi) is 3.76. The maximum atomic E-state index is 12.5. The van der Waals surface area contributed by atoms with Gasteiger partial charge in [0.15, 0.2) is 5.76 Å². The summed E-state index contributed by atoms with van der Waals surface area (Å²) in [5.74, 6) is 0.909. The van der Waals surface area contributed by atoms with Gasteiger partial charge in [-0.25, -0.2) is 4.98 Å². The number of nitrogens with zero attached hydrogens (tertiary/aromatic N) is 2. The van der Waals surface area contributed by atoms with E-state index in [4.69, 9.17) is 10.2 Å². The molecule has 0 unspecified atom stereocenters. The first-order valence-corrected chi connectivity index (χ1v) is 8.49. The summed E-state index contributed by atoms with van der Waals surface area (Å²) in [7, 11) is 0. The summed E-state index contributed by atoms with van der Waals surface area (Å²) in [6, 6.07) is 7.91. The molecule has 6 heteroatoms. The largest absolute Gasteiger partial charge is 0.432 e. The Bertz CT molecular complexity index is 747. The molecule has 0 aliphatic carbocycles. The number of carbonyl (C=O) groups excluding carboxylic acids is 1. The SMILES string of the molecule is C[C@H]1[C@H](NC(=O)c2ncc(-c3ccccc3N)o2)C2CCN1CC2. The number of fused-ring (bicyclic) bond motifs is 3. The normalized spacial score (nSPS) is 28.7. The average Bonchev–Trinajstić information content (AvgIpc) is 3.09. The van der Waals surface area contributed by atoms with E-state index < -0.39 is 0 Å². The van der Waals surface area contributed by atoms with Gasteiger partial charge in [-0.3, -0.25) is 9.69 Å². The summed E-state index contributed by atoms with van der Waals surface area (Å²) in [5.41, 5.74) is 7.31. The van der Waals surface area contributed by atoms with Crippen LogP contribution in [-0.2, 0) is 0 Å². The number of carbonyl (C=O) groups is 1. The zero-order valence-electron chi connectivity index (χ0n) is 13.7. The first kappa shape index (κ1) is 15.2. The number of piperidine rings is 3. The number of aromatic nitrogens is 1. The van der Waals surface area contributed by atoms with E-state index in [1.165, 1.54) is 0 Å². The Balaban J connectivity index is 1.51. The van der Waals surface area contributed by atoms with Crippen LogP contribution in [-0.4, -0.2) is 41.0 Å². The van der Waals surface area contributed by atoms with Crippen molar-refractivity contribution in [3.63, 3.8) is 0 Å². The van der Waals surface area contributed by atoms with Crippen molar-refractivity contribution < 1.29 is 9.21 Å². The molecule has 0 radical (unpaired) electrons. The van der Waals surface area contributed by atoms with Gasteiger partial charge in [0.25, 0.3) is 5.89 Å². The van der Waals surface area contributed by atoms with Crippen molar-refractivity contribution in [2.75, 3.05) is 18.8 Å². The highest BCUT2D eigenvalue weighted by molar-refractivity contribution is 5.90. The number of para-hydroxylation sites is 1. The third kappa shape index (κ3) is 2.57. The molecule has 3 fully saturated rings. The average molecular weight is 326 g/mol. The number of rotatable bonds is 3. The van der Waals surface area contributed by atoms with E-state index in [1.54, 1.807) is 12.3 Å². The topological polar surface area (TPSA) is 84.4 Å². The second kappa shape index (κ2) is 5.94. The van der Waals surface area contributed by atoms with Gasteiger partial charge in [0.1, 0.15) is 0 Å². The molecule has 1 aromatic carbocycles. The maximum absolute atomic E-state index is 12.5. The maximum Gasteiger partial charge on any atom is 0.307 e. The van der Waals surface area contributed by atoms with E-state index in [0.717, 1.165) is 31.5 Å². The number of nitrogens with one attached hydrogen (secondary N) is 1. The fraction of sp³-hybridized carbons (Fsp3) is 0.444. The fourth-order valence-electron chi connectivity index (χ4n) is 3.98. The van der Waals surface area contributed by atoms with Crippen molar-refractivity contribution in [2.24, 2.45) is 5.92 Å². The molecule has 6 nitrogen and oxygen atoms in total. The standard InChI is InChI=1S/C18H22N4O2/c1-11-16(12-6-8-22(11)9-7-12)21-17(23)18-20-10-15(24-18)13-4-2-3-5-14(13)19/h2-5,10-12,16H,6-9,19H2,1H3,(H,21,23)/t11-,16-/m0/s1. The monoisotopic (exact) mass is 326 g/mol. The zero-order valence-corrected chi connectivity index (χ0v) is 13.7. The first-order valence-electron chi connectivity index (χ1n) is 8.49. The number of oxazole rings is 1. The molecule has 3 N–H and O–H groups in total. The van der Waals surface area contributed by atoms with Crippen molar-refractivity contribution in [1.29, 1.82) is 0 Å². The molecular formula is C18H22N4O2. The lowest BCUT2D eigenvalue weighted by Crippen LogP contribution is -2.62. The molecule has 1 aromatic heterocycles. The van der Waals surface area contributed by atoms with Gasteiger partial charge in [-0.2, -0.15) is 0 Å². The smallest absolute Gasteiger partial charge is 0.307 e. The van der Waals surface area contributed by atoms with Gasteiger partial charge in [0.2, 0.25) is 0 Å². The van der Waals surface area contributed by atoms with Gasteiger partial charge in [-0.1, -0.05) is 12.1 Å². The van der Waals surface area contributed by atoms with Crippen LogP contribution in [0.5, 0.6) is 0 Å². The van der Waals surface area contributed by atoms with E-state index in [-0.39, 0.29) is 17.8 Å². The summed E-state index contributed by atoms with van der Waals surface area (Å²) in [6.07, 6.45) is 3.85. The molecule has 2 aromatic rings. The van der Waals surface area contributed by atoms with Gasteiger partial charge in [0.05, 0.1) is 6.20 Å². The highest BCUT2D eigenvalue weighted by Crippen LogP contribution is 2.32. The molecule has 3 aliphatic rings. The van der Waals surface area contributed by atoms with E-state index >= 15 is 0 Å². The Morgan fingerprint density at radius 2 is 2.08 bits per heavy atom. The second-order valence-corrected chi connectivity index (χ2v) is 6.73. The highest BCUT2D eigenvalue weighted by atomic mass is 16.4. The minimum atomic E-state index is -0.249. The molecule has 0 spiro atoms. The number of hydrogen-bond donors (Lipinski definition) is 2. The number of nitrogen functional groups attached to an aromatic ring is 1. The lowest BCUT2D eigenvalue weighted by molar-refractivity contribution is 0.0210. The highest BCUT2D eigenvalue weighted by Gasteiger charge is 2.40. The van der Waals surface area contributed by atoms with Crippen LogP contribution in [0.3, 0.4) is 0 Å². The van der Waals surface area contributed by atoms with E-state index in [9.17, 15) is 4.79 Å². The molecule has 5 rings (SSSR count). The van der Waals surface area contributed by atoms with E-state index in [2.05, 4.69) is 22.1 Å². The molecule has 1 amide bonds. The van der Waals surface area contributed by atoms with Crippen LogP contribution in [0.2, 0.25) is 0 Å². The van der Waals surface area contributed by atoms with Crippen molar-refractivity contribution in [2.45, 2.75) is 31.8 Å². The Morgan fingerprint density at radius 3 is 2.79 bits per heavy atom. The molecule has 126 valence electrons. The quantitative estimate of drug-likeness (QED) is 0.844. The van der Waals surface area contributed by atoms with E-state index in [0.29, 0.717) is 23.4 Å². The summed E-state index contributed by atoms with van der Waals surface area (Å²) in [5, 5.41) is 3.13. The molecule has 3 saturated heterocycles. The Labute approximate surface area is 141 Å². The molecule has 4 heterocycles. The predicted octanol–water partition coefficient (Wildman–Crippen LogP) is 2.14. The molecular weight excluding hydrogens is 304 g/mol. The second-order valence-electron chi connectivity index (χ2n) is 6.73.